The summed E-state index contributed by atoms with van der Waals surface area (Å²) < 4.78 is 38.7. The molecule has 0 aliphatic rings. The van der Waals surface area contributed by atoms with Gasteiger partial charge in [-0.25, -0.2) is 8.42 Å². The molecule has 2 N–H and O–H groups in total. The van der Waals surface area contributed by atoms with Gasteiger partial charge < -0.3 is 14.8 Å². The van der Waals surface area contributed by atoms with Gasteiger partial charge in [-0.2, -0.15) is 0 Å². The molecule has 1 amide bonds. The van der Waals surface area contributed by atoms with Gasteiger partial charge in [0.1, 0.15) is 0 Å². The van der Waals surface area contributed by atoms with Crippen LogP contribution in [-0.4, -0.2) is 28.5 Å². The molecule has 0 spiro atoms. The van der Waals surface area contributed by atoms with E-state index in [4.69, 9.17) is 9.47 Å². The summed E-state index contributed by atoms with van der Waals surface area (Å²) in [7, 11) is -0.748. The first-order valence-electron chi connectivity index (χ1n) is 9.96. The van der Waals surface area contributed by atoms with Crippen molar-refractivity contribution in [2.75, 3.05) is 18.9 Å². The number of methoxy groups -OCH3 is 2. The van der Waals surface area contributed by atoms with Gasteiger partial charge in [-0.15, -0.1) is 0 Å². The number of rotatable bonds is 8. The predicted octanol–water partition coefficient (Wildman–Crippen LogP) is 4.30. The summed E-state index contributed by atoms with van der Waals surface area (Å²) in [5, 5.41) is 2.90. The lowest BCUT2D eigenvalue weighted by atomic mass is 10.1. The number of hydrogen-bond donors (Lipinski definition) is 2. The van der Waals surface area contributed by atoms with Gasteiger partial charge in [0, 0.05) is 0 Å². The van der Waals surface area contributed by atoms with E-state index in [2.05, 4.69) is 10.0 Å². The Balaban J connectivity index is 1.82. The molecule has 0 saturated heterocycles. The minimum absolute atomic E-state index is 0.122. The Bertz CT molecular complexity index is 1210. The Labute approximate surface area is 188 Å². The fraction of sp³-hybridized carbons (Fsp3) is 0.208. The fourth-order valence-electron chi connectivity index (χ4n) is 3.17. The molecule has 32 heavy (non-hydrogen) atoms. The molecular weight excluding hydrogens is 428 g/mol. The number of ether oxygens (including phenoxy) is 2. The van der Waals surface area contributed by atoms with Crippen molar-refractivity contribution >= 4 is 21.6 Å². The zero-order valence-electron chi connectivity index (χ0n) is 18.4. The maximum atomic E-state index is 13.0. The molecule has 168 valence electrons. The third kappa shape index (κ3) is 5.20. The van der Waals surface area contributed by atoms with Gasteiger partial charge in [-0.1, -0.05) is 35.9 Å². The van der Waals surface area contributed by atoms with Gasteiger partial charge in [0.25, 0.3) is 15.9 Å². The van der Waals surface area contributed by atoms with Crippen LogP contribution in [-0.2, 0) is 10.0 Å². The molecule has 3 rings (SSSR count). The molecule has 3 aromatic carbocycles. The van der Waals surface area contributed by atoms with Crippen LogP contribution >= 0.6 is 0 Å². The summed E-state index contributed by atoms with van der Waals surface area (Å²) in [4.78, 5) is 13.1. The lowest BCUT2D eigenvalue weighted by Crippen LogP contribution is -2.28. The first kappa shape index (κ1) is 23.1. The highest BCUT2D eigenvalue weighted by molar-refractivity contribution is 7.92. The fourth-order valence-corrected chi connectivity index (χ4v) is 4.25. The molecule has 0 aromatic heterocycles. The average Bonchev–Trinajstić information content (AvgIpc) is 2.78. The zero-order chi connectivity index (χ0) is 23.3. The minimum atomic E-state index is -3.84. The van der Waals surface area contributed by atoms with E-state index in [1.54, 1.807) is 62.8 Å². The summed E-state index contributed by atoms with van der Waals surface area (Å²) in [5.41, 5.74) is 2.18. The molecule has 8 heteroatoms. The van der Waals surface area contributed by atoms with E-state index < -0.39 is 15.9 Å². The molecule has 0 unspecified atom stereocenters. The first-order valence-corrected chi connectivity index (χ1v) is 11.4. The van der Waals surface area contributed by atoms with Crippen molar-refractivity contribution in [3.63, 3.8) is 0 Å². The highest BCUT2D eigenvalue weighted by Gasteiger charge is 2.20. The Morgan fingerprint density at radius 3 is 2.22 bits per heavy atom. The van der Waals surface area contributed by atoms with Crippen LogP contribution in [0.2, 0.25) is 0 Å². The monoisotopic (exact) mass is 454 g/mol. The molecule has 0 heterocycles. The van der Waals surface area contributed by atoms with Crippen LogP contribution in [0.5, 0.6) is 11.5 Å². The number of carbonyl (C=O) groups is 1. The van der Waals surface area contributed by atoms with Crippen molar-refractivity contribution in [2.24, 2.45) is 0 Å². The first-order chi connectivity index (χ1) is 15.2. The molecule has 1 atom stereocenters. The Hall–Kier alpha value is -3.52. The van der Waals surface area contributed by atoms with Crippen LogP contribution in [0.1, 0.15) is 34.5 Å². The van der Waals surface area contributed by atoms with E-state index >= 15 is 0 Å². The van der Waals surface area contributed by atoms with Crippen LogP contribution in [0.3, 0.4) is 0 Å². The van der Waals surface area contributed by atoms with Crippen LogP contribution in [0, 0.1) is 6.92 Å². The molecule has 0 aliphatic carbocycles. The zero-order valence-corrected chi connectivity index (χ0v) is 19.2. The SMILES string of the molecule is COc1ccc([C@@H](C)NC(=O)c2ccccc2NS(=O)(=O)c2ccc(C)cc2)cc1OC. The number of hydrogen-bond acceptors (Lipinski definition) is 5. The van der Waals surface area contributed by atoms with Crippen molar-refractivity contribution < 1.29 is 22.7 Å². The van der Waals surface area contributed by atoms with Gasteiger partial charge in [-0.3, -0.25) is 9.52 Å². The normalized spacial score (nSPS) is 12.0. The van der Waals surface area contributed by atoms with Crippen LogP contribution in [0.25, 0.3) is 0 Å². The highest BCUT2D eigenvalue weighted by atomic mass is 32.2. The van der Waals surface area contributed by atoms with Gasteiger partial charge in [-0.05, 0) is 55.8 Å². The van der Waals surface area contributed by atoms with E-state index in [0.717, 1.165) is 11.1 Å². The topological polar surface area (TPSA) is 93.7 Å². The van der Waals surface area contributed by atoms with E-state index in [-0.39, 0.29) is 22.2 Å². The van der Waals surface area contributed by atoms with E-state index in [9.17, 15) is 13.2 Å². The molecule has 3 aromatic rings. The third-order valence-corrected chi connectivity index (χ3v) is 6.38. The summed E-state index contributed by atoms with van der Waals surface area (Å²) in [5.74, 6) is 0.734. The number of para-hydroxylation sites is 1. The van der Waals surface area contributed by atoms with Crippen LogP contribution < -0.4 is 19.5 Å². The largest absolute Gasteiger partial charge is 0.493 e. The molecular formula is C24H26N2O5S. The Morgan fingerprint density at radius 2 is 1.56 bits per heavy atom. The maximum absolute atomic E-state index is 13.0. The number of amides is 1. The standard InChI is InChI=1S/C24H26N2O5S/c1-16-9-12-19(13-10-16)32(28,29)26-21-8-6-5-7-20(21)24(27)25-17(2)18-11-14-22(30-3)23(15-18)31-4/h5-15,17,26H,1-4H3,(H,25,27)/t17-/m1/s1. The highest BCUT2D eigenvalue weighted by Crippen LogP contribution is 2.30. The second kappa shape index (κ2) is 9.74. The second-order valence-electron chi connectivity index (χ2n) is 7.27. The number of carbonyl (C=O) groups excluding carboxylic acids is 1. The molecule has 0 saturated carbocycles. The van der Waals surface area contributed by atoms with Crippen molar-refractivity contribution in [1.29, 1.82) is 0 Å². The lowest BCUT2D eigenvalue weighted by molar-refractivity contribution is 0.0940. The summed E-state index contributed by atoms with van der Waals surface area (Å²) in [6.45, 7) is 3.71. The molecule has 0 fully saturated rings. The van der Waals surface area contributed by atoms with Crippen molar-refractivity contribution in [1.82, 2.24) is 5.32 Å². The number of sulfonamides is 1. The average molecular weight is 455 g/mol. The number of anilines is 1. The second-order valence-corrected chi connectivity index (χ2v) is 8.96. The van der Waals surface area contributed by atoms with Gasteiger partial charge in [0.2, 0.25) is 0 Å². The Morgan fingerprint density at radius 1 is 0.906 bits per heavy atom. The number of nitrogens with one attached hydrogen (secondary N) is 2. The number of aryl methyl sites for hydroxylation is 1. The van der Waals surface area contributed by atoms with Crippen molar-refractivity contribution in [3.05, 3.63) is 83.4 Å². The third-order valence-electron chi connectivity index (χ3n) is 5.00. The Kier molecular flexibility index (Phi) is 7.05. The summed E-state index contributed by atoms with van der Waals surface area (Å²) in [6, 6.07) is 18.0. The van der Waals surface area contributed by atoms with E-state index in [1.165, 1.54) is 12.1 Å². The van der Waals surface area contributed by atoms with Crippen LogP contribution in [0.15, 0.2) is 71.6 Å². The maximum Gasteiger partial charge on any atom is 0.261 e. The number of benzene rings is 3. The predicted molar refractivity (Wildman–Crippen MR) is 124 cm³/mol. The lowest BCUT2D eigenvalue weighted by Gasteiger charge is -2.18. The van der Waals surface area contributed by atoms with Crippen LogP contribution in [0.4, 0.5) is 5.69 Å². The van der Waals surface area contributed by atoms with Gasteiger partial charge >= 0.3 is 0 Å². The quantitative estimate of drug-likeness (QED) is 0.529. The van der Waals surface area contributed by atoms with Crippen molar-refractivity contribution in [2.45, 2.75) is 24.8 Å². The summed E-state index contributed by atoms with van der Waals surface area (Å²) >= 11 is 0. The minimum Gasteiger partial charge on any atom is -0.493 e. The summed E-state index contributed by atoms with van der Waals surface area (Å²) in [6.07, 6.45) is 0. The molecule has 7 nitrogen and oxygen atoms in total. The van der Waals surface area contributed by atoms with E-state index in [1.807, 2.05) is 19.9 Å². The smallest absolute Gasteiger partial charge is 0.261 e. The van der Waals surface area contributed by atoms with Gasteiger partial charge in [0.05, 0.1) is 36.4 Å². The molecule has 0 aliphatic heterocycles. The molecule has 0 bridgehead atoms. The molecule has 0 radical (unpaired) electrons. The van der Waals surface area contributed by atoms with E-state index in [0.29, 0.717) is 11.5 Å². The van der Waals surface area contributed by atoms with Crippen molar-refractivity contribution in [3.8, 4) is 11.5 Å². The van der Waals surface area contributed by atoms with Gasteiger partial charge in [0.15, 0.2) is 11.5 Å².